The number of ether oxygens (including phenoxy) is 1. The van der Waals surface area contributed by atoms with Crippen molar-refractivity contribution in [3.63, 3.8) is 0 Å². The number of aliphatic imine (C=N–C) groups is 1. The zero-order valence-corrected chi connectivity index (χ0v) is 16.4. The Bertz CT molecular complexity index is 756. The summed E-state index contributed by atoms with van der Waals surface area (Å²) >= 11 is 3.48. The van der Waals surface area contributed by atoms with Crippen molar-refractivity contribution in [1.82, 2.24) is 10.2 Å². The molecule has 2 atom stereocenters. The molecule has 0 spiro atoms. The van der Waals surface area contributed by atoms with Gasteiger partial charge in [0, 0.05) is 11.5 Å². The van der Waals surface area contributed by atoms with E-state index in [2.05, 4.69) is 26.2 Å². The lowest BCUT2D eigenvalue weighted by Crippen LogP contribution is -2.69. The lowest BCUT2D eigenvalue weighted by atomic mass is 9.61. The van der Waals surface area contributed by atoms with Crippen molar-refractivity contribution < 1.29 is 14.3 Å². The maximum absolute atomic E-state index is 12.8. The molecule has 0 bridgehead atoms. The van der Waals surface area contributed by atoms with E-state index in [1.165, 1.54) is 4.90 Å². The van der Waals surface area contributed by atoms with Crippen LogP contribution < -0.4 is 5.32 Å². The van der Waals surface area contributed by atoms with Crippen LogP contribution in [0.2, 0.25) is 0 Å². The number of fused-ring (bicyclic) bond motifs is 1. The maximum Gasteiger partial charge on any atom is 0.437 e. The Morgan fingerprint density at radius 1 is 1.44 bits per heavy atom. The number of hydrogen-bond donors (Lipinski definition) is 1. The molecular weight excluding hydrogens is 386 g/mol. The van der Waals surface area contributed by atoms with Gasteiger partial charge in [0.2, 0.25) is 11.9 Å². The van der Waals surface area contributed by atoms with E-state index >= 15 is 0 Å². The van der Waals surface area contributed by atoms with Gasteiger partial charge in [-0.15, -0.1) is 4.99 Å². The highest BCUT2D eigenvalue weighted by atomic mass is 79.9. The minimum absolute atomic E-state index is 0.0349. The first-order valence-electron chi connectivity index (χ1n) is 8.26. The van der Waals surface area contributed by atoms with Crippen LogP contribution >= 0.6 is 15.9 Å². The van der Waals surface area contributed by atoms with Crippen LogP contribution in [-0.2, 0) is 15.1 Å². The highest BCUT2D eigenvalue weighted by Crippen LogP contribution is 2.49. The molecule has 2 aliphatic rings. The molecule has 1 saturated carbocycles. The van der Waals surface area contributed by atoms with E-state index in [1.54, 1.807) is 27.8 Å². The first-order valence-corrected chi connectivity index (χ1v) is 9.05. The van der Waals surface area contributed by atoms with Crippen molar-refractivity contribution >= 4 is 33.9 Å². The van der Waals surface area contributed by atoms with E-state index in [1.807, 2.05) is 24.3 Å². The Labute approximate surface area is 155 Å². The van der Waals surface area contributed by atoms with E-state index in [4.69, 9.17) is 4.74 Å². The van der Waals surface area contributed by atoms with Gasteiger partial charge in [-0.2, -0.15) is 0 Å². The second-order valence-electron chi connectivity index (χ2n) is 7.51. The van der Waals surface area contributed by atoms with Gasteiger partial charge in [0.05, 0.1) is 11.5 Å². The number of benzene rings is 1. The van der Waals surface area contributed by atoms with Gasteiger partial charge in [0.25, 0.3) is 0 Å². The molecule has 7 heteroatoms. The Morgan fingerprint density at radius 2 is 2.16 bits per heavy atom. The van der Waals surface area contributed by atoms with E-state index in [9.17, 15) is 9.59 Å². The monoisotopic (exact) mass is 407 g/mol. The second-order valence-corrected chi connectivity index (χ2v) is 8.43. The van der Waals surface area contributed by atoms with Crippen molar-refractivity contribution in [2.75, 3.05) is 7.05 Å². The molecule has 3 rings (SSSR count). The van der Waals surface area contributed by atoms with Crippen molar-refractivity contribution in [2.45, 2.75) is 44.8 Å². The Balaban J connectivity index is 1.94. The minimum atomic E-state index is -0.711. The summed E-state index contributed by atoms with van der Waals surface area (Å²) in [6.45, 7) is 5.33. The number of carbonyl (C=O) groups excluding carboxylic acids is 2. The third kappa shape index (κ3) is 3.29. The first kappa shape index (κ1) is 17.9. The average molecular weight is 408 g/mol. The zero-order chi connectivity index (χ0) is 18.4. The number of guanidine groups is 1. The topological polar surface area (TPSA) is 71.0 Å². The van der Waals surface area contributed by atoms with Crippen LogP contribution in [0, 0.1) is 5.92 Å². The summed E-state index contributed by atoms with van der Waals surface area (Å²) in [5.41, 5.74) is -0.149. The number of nitrogens with zero attached hydrogens (tertiary/aromatic N) is 2. The SMILES string of the molecule is CN1C(=O)C2CCC2(c2cccc(Br)c2)N/C1=N\C(=O)OC(C)(C)C. The van der Waals surface area contributed by atoms with Crippen LogP contribution in [0.3, 0.4) is 0 Å². The summed E-state index contributed by atoms with van der Waals surface area (Å²) in [4.78, 5) is 30.3. The normalized spacial score (nSPS) is 27.4. The van der Waals surface area contributed by atoms with Crippen molar-refractivity contribution in [1.29, 1.82) is 0 Å². The summed E-state index contributed by atoms with van der Waals surface area (Å²) in [5.74, 6) is 0.0341. The zero-order valence-electron chi connectivity index (χ0n) is 14.8. The molecule has 0 radical (unpaired) electrons. The first-order chi connectivity index (χ1) is 11.6. The Kier molecular flexibility index (Phi) is 4.39. The van der Waals surface area contributed by atoms with Crippen LogP contribution in [0.15, 0.2) is 33.7 Å². The fourth-order valence-corrected chi connectivity index (χ4v) is 3.74. The van der Waals surface area contributed by atoms with Gasteiger partial charge in [0.15, 0.2) is 0 Å². The molecule has 2 fully saturated rings. The van der Waals surface area contributed by atoms with Crippen LogP contribution in [0.4, 0.5) is 4.79 Å². The van der Waals surface area contributed by atoms with Crippen LogP contribution in [0.25, 0.3) is 0 Å². The van der Waals surface area contributed by atoms with Crippen LogP contribution in [0.5, 0.6) is 0 Å². The lowest BCUT2D eigenvalue weighted by Gasteiger charge is -2.54. The van der Waals surface area contributed by atoms with E-state index in [0.29, 0.717) is 0 Å². The molecule has 2 unspecified atom stereocenters. The number of rotatable bonds is 1. The molecule has 1 N–H and O–H groups in total. The van der Waals surface area contributed by atoms with Crippen molar-refractivity contribution in [3.8, 4) is 0 Å². The van der Waals surface area contributed by atoms with Gasteiger partial charge >= 0.3 is 6.09 Å². The van der Waals surface area contributed by atoms with Gasteiger partial charge in [-0.05, 0) is 51.3 Å². The minimum Gasteiger partial charge on any atom is -0.442 e. The standard InChI is InChI=1S/C18H22BrN3O3/c1-17(2,3)25-16(24)20-15-21-18(11-6-5-7-12(19)10-11)9-8-13(18)14(23)22(15)4/h5-7,10,13H,8-9H2,1-4H3,(H,20,21,24). The van der Waals surface area contributed by atoms with E-state index in [-0.39, 0.29) is 17.8 Å². The molecule has 6 nitrogen and oxygen atoms in total. The fraction of sp³-hybridized carbons (Fsp3) is 0.500. The number of amides is 2. The van der Waals surface area contributed by atoms with Gasteiger partial charge in [-0.25, -0.2) is 4.79 Å². The average Bonchev–Trinajstić information content (AvgIpc) is 2.46. The fourth-order valence-electron chi connectivity index (χ4n) is 3.34. The predicted molar refractivity (Wildman–Crippen MR) is 98.1 cm³/mol. The quantitative estimate of drug-likeness (QED) is 0.773. The molecule has 134 valence electrons. The van der Waals surface area contributed by atoms with Gasteiger partial charge in [-0.3, -0.25) is 9.69 Å². The number of hydrogen-bond acceptors (Lipinski definition) is 3. The van der Waals surface area contributed by atoms with Crippen molar-refractivity contribution in [3.05, 3.63) is 34.3 Å². The Morgan fingerprint density at radius 3 is 2.72 bits per heavy atom. The second kappa shape index (κ2) is 6.12. The summed E-state index contributed by atoms with van der Waals surface area (Å²) in [7, 11) is 1.63. The molecule has 1 aromatic carbocycles. The third-order valence-electron chi connectivity index (χ3n) is 4.63. The van der Waals surface area contributed by atoms with Crippen LogP contribution in [0.1, 0.15) is 39.2 Å². The van der Waals surface area contributed by atoms with Gasteiger partial charge in [-0.1, -0.05) is 28.1 Å². The molecular formula is C18H22BrN3O3. The van der Waals surface area contributed by atoms with Crippen LogP contribution in [-0.4, -0.2) is 35.5 Å². The number of halogens is 1. The Hall–Kier alpha value is -1.89. The molecule has 0 aromatic heterocycles. The summed E-state index contributed by atoms with van der Waals surface area (Å²) in [6.07, 6.45) is 0.903. The number of nitrogens with one attached hydrogen (secondary N) is 1. The molecule has 1 heterocycles. The van der Waals surface area contributed by atoms with Gasteiger partial charge in [0.1, 0.15) is 5.60 Å². The van der Waals surface area contributed by atoms with Crippen molar-refractivity contribution in [2.24, 2.45) is 10.9 Å². The molecule has 1 aromatic rings. The summed E-state index contributed by atoms with van der Waals surface area (Å²) in [6, 6.07) is 7.88. The molecule has 2 amide bonds. The molecule has 1 saturated heterocycles. The maximum atomic E-state index is 12.8. The number of carbonyl (C=O) groups is 2. The third-order valence-corrected chi connectivity index (χ3v) is 5.13. The largest absolute Gasteiger partial charge is 0.442 e. The van der Waals surface area contributed by atoms with E-state index in [0.717, 1.165) is 22.9 Å². The van der Waals surface area contributed by atoms with Gasteiger partial charge < -0.3 is 10.1 Å². The molecule has 25 heavy (non-hydrogen) atoms. The summed E-state index contributed by atoms with van der Waals surface area (Å²) < 4.78 is 6.20. The highest BCUT2D eigenvalue weighted by molar-refractivity contribution is 9.10. The molecule has 1 aliphatic carbocycles. The predicted octanol–water partition coefficient (Wildman–Crippen LogP) is 3.41. The van der Waals surface area contributed by atoms with E-state index < -0.39 is 17.2 Å². The highest BCUT2D eigenvalue weighted by Gasteiger charge is 2.57. The lowest BCUT2D eigenvalue weighted by molar-refractivity contribution is -0.141. The molecule has 1 aliphatic heterocycles. The summed E-state index contributed by atoms with van der Waals surface area (Å²) in [5, 5.41) is 3.34. The smallest absolute Gasteiger partial charge is 0.437 e.